The summed E-state index contributed by atoms with van der Waals surface area (Å²) in [5.41, 5.74) is 0.0764. The Bertz CT molecular complexity index is 492. The minimum atomic E-state index is -0.645. The maximum absolute atomic E-state index is 13.5. The van der Waals surface area contributed by atoms with Gasteiger partial charge in [0.1, 0.15) is 11.5 Å². The van der Waals surface area contributed by atoms with Crippen LogP contribution in [-0.2, 0) is 0 Å². The van der Waals surface area contributed by atoms with Crippen molar-refractivity contribution in [2.24, 2.45) is 0 Å². The van der Waals surface area contributed by atoms with E-state index < -0.39 is 10.7 Å². The summed E-state index contributed by atoms with van der Waals surface area (Å²) >= 11 is 5.59. The number of benzene rings is 1. The second-order valence-corrected chi connectivity index (χ2v) is 5.09. The smallest absolute Gasteiger partial charge is 0.294 e. The molecular weight excluding hydrogens is 273 g/mol. The monoisotopic (exact) mass is 287 g/mol. The van der Waals surface area contributed by atoms with Crippen LogP contribution in [0.5, 0.6) is 0 Å². The standard InChI is InChI=1S/C12H15ClFN3O2/c1-16(7-8-3-2-4-15-8)11-6-10(14)9(13)5-12(11)17(18)19/h5-6,8,15H,2-4,7H2,1H3. The number of nitrogens with zero attached hydrogens (tertiary/aromatic N) is 2. The SMILES string of the molecule is CN(CC1CCCN1)c1cc(F)c(Cl)cc1[N+](=O)[O-]. The van der Waals surface area contributed by atoms with Crippen LogP contribution in [0.3, 0.4) is 0 Å². The third-order valence-electron chi connectivity index (χ3n) is 3.28. The predicted octanol–water partition coefficient (Wildman–Crippen LogP) is 2.58. The molecule has 1 heterocycles. The van der Waals surface area contributed by atoms with Crippen LogP contribution in [-0.4, -0.2) is 31.1 Å². The molecule has 19 heavy (non-hydrogen) atoms. The summed E-state index contributed by atoms with van der Waals surface area (Å²) in [7, 11) is 1.72. The average Bonchev–Trinajstić information content (AvgIpc) is 2.84. The van der Waals surface area contributed by atoms with Crippen LogP contribution in [0.25, 0.3) is 0 Å². The van der Waals surface area contributed by atoms with E-state index >= 15 is 0 Å². The summed E-state index contributed by atoms with van der Waals surface area (Å²) in [6.45, 7) is 1.55. The molecule has 0 saturated carbocycles. The highest BCUT2D eigenvalue weighted by atomic mass is 35.5. The van der Waals surface area contributed by atoms with Gasteiger partial charge in [-0.05, 0) is 19.4 Å². The topological polar surface area (TPSA) is 58.4 Å². The van der Waals surface area contributed by atoms with Crippen molar-refractivity contribution in [3.8, 4) is 0 Å². The number of hydrogen-bond acceptors (Lipinski definition) is 4. The van der Waals surface area contributed by atoms with E-state index in [1.807, 2.05) is 0 Å². The first kappa shape index (κ1) is 14.0. The van der Waals surface area contributed by atoms with E-state index in [0.717, 1.165) is 31.5 Å². The number of hydrogen-bond donors (Lipinski definition) is 1. The molecule has 0 aliphatic carbocycles. The van der Waals surface area contributed by atoms with Crippen LogP contribution >= 0.6 is 11.6 Å². The molecule has 1 aliphatic rings. The van der Waals surface area contributed by atoms with Crippen LogP contribution in [0, 0.1) is 15.9 Å². The zero-order valence-electron chi connectivity index (χ0n) is 10.5. The van der Waals surface area contributed by atoms with Crippen LogP contribution in [0.4, 0.5) is 15.8 Å². The maximum Gasteiger partial charge on any atom is 0.294 e. The van der Waals surface area contributed by atoms with E-state index in [0.29, 0.717) is 6.54 Å². The molecule has 0 bridgehead atoms. The lowest BCUT2D eigenvalue weighted by Crippen LogP contribution is -2.35. The molecule has 1 N–H and O–H groups in total. The lowest BCUT2D eigenvalue weighted by Gasteiger charge is -2.23. The molecule has 1 saturated heterocycles. The number of nitro groups is 1. The highest BCUT2D eigenvalue weighted by Crippen LogP contribution is 2.32. The fourth-order valence-electron chi connectivity index (χ4n) is 2.32. The Labute approximate surface area is 115 Å². The zero-order chi connectivity index (χ0) is 14.0. The lowest BCUT2D eigenvalue weighted by atomic mass is 10.2. The Morgan fingerprint density at radius 2 is 2.37 bits per heavy atom. The summed E-state index contributed by atoms with van der Waals surface area (Å²) in [5.74, 6) is -0.645. The van der Waals surface area contributed by atoms with Crippen molar-refractivity contribution in [1.82, 2.24) is 5.32 Å². The predicted molar refractivity (Wildman–Crippen MR) is 72.4 cm³/mol. The van der Waals surface area contributed by atoms with Gasteiger partial charge in [-0.3, -0.25) is 10.1 Å². The van der Waals surface area contributed by atoms with Gasteiger partial charge in [-0.15, -0.1) is 0 Å². The molecule has 1 aromatic carbocycles. The van der Waals surface area contributed by atoms with Gasteiger partial charge in [0.05, 0.1) is 9.95 Å². The molecule has 1 unspecified atom stereocenters. The van der Waals surface area contributed by atoms with Crippen molar-refractivity contribution in [1.29, 1.82) is 0 Å². The molecule has 2 rings (SSSR count). The number of likely N-dealkylation sites (N-methyl/N-ethyl adjacent to an activating group) is 1. The Kier molecular flexibility index (Phi) is 4.21. The second-order valence-electron chi connectivity index (χ2n) is 4.69. The fourth-order valence-corrected chi connectivity index (χ4v) is 2.48. The van der Waals surface area contributed by atoms with Crippen molar-refractivity contribution in [2.45, 2.75) is 18.9 Å². The molecular formula is C12H15ClFN3O2. The van der Waals surface area contributed by atoms with Gasteiger partial charge in [0, 0.05) is 31.8 Å². The number of nitro benzene ring substituents is 1. The first-order chi connectivity index (χ1) is 8.99. The number of rotatable bonds is 4. The molecule has 7 heteroatoms. The number of halogens is 2. The Balaban J connectivity index is 2.26. The van der Waals surface area contributed by atoms with Crippen molar-refractivity contribution in [3.05, 3.63) is 33.1 Å². The molecule has 5 nitrogen and oxygen atoms in total. The van der Waals surface area contributed by atoms with Gasteiger partial charge < -0.3 is 10.2 Å². The largest absolute Gasteiger partial charge is 0.367 e. The molecule has 0 radical (unpaired) electrons. The Hall–Kier alpha value is -1.40. The number of anilines is 1. The van der Waals surface area contributed by atoms with E-state index in [1.165, 1.54) is 0 Å². The van der Waals surface area contributed by atoms with Gasteiger partial charge >= 0.3 is 0 Å². The average molecular weight is 288 g/mol. The Morgan fingerprint density at radius 1 is 1.63 bits per heavy atom. The highest BCUT2D eigenvalue weighted by Gasteiger charge is 2.23. The normalized spacial score (nSPS) is 18.6. The number of nitrogens with one attached hydrogen (secondary N) is 1. The first-order valence-electron chi connectivity index (χ1n) is 6.07. The van der Waals surface area contributed by atoms with Gasteiger partial charge in [0.2, 0.25) is 0 Å². The third kappa shape index (κ3) is 3.13. The van der Waals surface area contributed by atoms with Crippen LogP contribution in [0.1, 0.15) is 12.8 Å². The molecule has 0 aromatic heterocycles. The molecule has 0 spiro atoms. The molecule has 0 amide bonds. The van der Waals surface area contributed by atoms with Gasteiger partial charge in [-0.2, -0.15) is 0 Å². The zero-order valence-corrected chi connectivity index (χ0v) is 11.3. The summed E-state index contributed by atoms with van der Waals surface area (Å²) < 4.78 is 13.5. The van der Waals surface area contributed by atoms with Crippen molar-refractivity contribution < 1.29 is 9.31 Å². The van der Waals surface area contributed by atoms with Gasteiger partial charge in [-0.1, -0.05) is 11.6 Å². The molecule has 1 aromatic rings. The minimum absolute atomic E-state index is 0.174. The van der Waals surface area contributed by atoms with E-state index in [-0.39, 0.29) is 22.4 Å². The highest BCUT2D eigenvalue weighted by molar-refractivity contribution is 6.31. The summed E-state index contributed by atoms with van der Waals surface area (Å²) in [4.78, 5) is 12.2. The summed E-state index contributed by atoms with van der Waals surface area (Å²) in [6, 6.07) is 2.46. The molecule has 104 valence electrons. The van der Waals surface area contributed by atoms with E-state index in [4.69, 9.17) is 11.6 Å². The van der Waals surface area contributed by atoms with Crippen LogP contribution < -0.4 is 10.2 Å². The first-order valence-corrected chi connectivity index (χ1v) is 6.45. The fraction of sp³-hybridized carbons (Fsp3) is 0.500. The maximum atomic E-state index is 13.5. The summed E-state index contributed by atoms with van der Waals surface area (Å²) in [5, 5.41) is 14.1. The Morgan fingerprint density at radius 3 is 2.95 bits per heavy atom. The van der Waals surface area contributed by atoms with Crippen molar-refractivity contribution in [3.63, 3.8) is 0 Å². The van der Waals surface area contributed by atoms with E-state index in [2.05, 4.69) is 5.32 Å². The molecule has 1 fully saturated rings. The van der Waals surface area contributed by atoms with E-state index in [1.54, 1.807) is 11.9 Å². The van der Waals surface area contributed by atoms with Gasteiger partial charge in [0.25, 0.3) is 5.69 Å². The molecule has 1 atom stereocenters. The van der Waals surface area contributed by atoms with Crippen LogP contribution in [0.2, 0.25) is 5.02 Å². The van der Waals surface area contributed by atoms with Gasteiger partial charge in [0.15, 0.2) is 0 Å². The van der Waals surface area contributed by atoms with Crippen molar-refractivity contribution >= 4 is 23.0 Å². The molecule has 1 aliphatic heterocycles. The van der Waals surface area contributed by atoms with E-state index in [9.17, 15) is 14.5 Å². The minimum Gasteiger partial charge on any atom is -0.367 e. The quantitative estimate of drug-likeness (QED) is 0.683. The summed E-state index contributed by atoms with van der Waals surface area (Å²) in [6.07, 6.45) is 2.11. The third-order valence-corrected chi connectivity index (χ3v) is 3.57. The second kappa shape index (κ2) is 5.71. The van der Waals surface area contributed by atoms with Crippen molar-refractivity contribution in [2.75, 3.05) is 25.0 Å². The lowest BCUT2D eigenvalue weighted by molar-refractivity contribution is -0.384. The van der Waals surface area contributed by atoms with Crippen LogP contribution in [0.15, 0.2) is 12.1 Å². The van der Waals surface area contributed by atoms with Gasteiger partial charge in [-0.25, -0.2) is 4.39 Å².